The monoisotopic (exact) mass is 268 g/mol. The molecule has 0 aliphatic carbocycles. The number of piperidine rings is 1. The molecule has 0 saturated carbocycles. The average molecular weight is 268 g/mol. The summed E-state index contributed by atoms with van der Waals surface area (Å²) < 4.78 is 26.7. The molecule has 0 atom stereocenters. The number of benzene rings is 1. The van der Waals surface area contributed by atoms with Crippen molar-refractivity contribution in [2.45, 2.75) is 38.8 Å². The molecular weight excluding hydrogens is 246 g/mol. The van der Waals surface area contributed by atoms with Gasteiger partial charge in [-0.3, -0.25) is 4.90 Å². The van der Waals surface area contributed by atoms with E-state index in [1.807, 2.05) is 0 Å². The maximum Gasteiger partial charge on any atom is 0.127 e. The molecule has 19 heavy (non-hydrogen) atoms. The van der Waals surface area contributed by atoms with Gasteiger partial charge in [-0.1, -0.05) is 6.92 Å². The van der Waals surface area contributed by atoms with Gasteiger partial charge in [-0.2, -0.15) is 0 Å². The van der Waals surface area contributed by atoms with Gasteiger partial charge in [0, 0.05) is 18.2 Å². The van der Waals surface area contributed by atoms with E-state index in [4.69, 9.17) is 0 Å². The first-order valence-corrected chi connectivity index (χ1v) is 7.08. The van der Waals surface area contributed by atoms with Crippen molar-refractivity contribution >= 4 is 0 Å². The minimum atomic E-state index is -0.365. The van der Waals surface area contributed by atoms with Gasteiger partial charge in [0.15, 0.2) is 0 Å². The van der Waals surface area contributed by atoms with Crippen LogP contribution in [0, 0.1) is 11.6 Å². The van der Waals surface area contributed by atoms with Gasteiger partial charge >= 0.3 is 0 Å². The zero-order valence-corrected chi connectivity index (χ0v) is 11.5. The van der Waals surface area contributed by atoms with Crippen LogP contribution in [0.2, 0.25) is 0 Å². The SMILES string of the molecule is CCCNC1CCN(Cc2cc(F)ccc2F)CC1. The molecule has 1 saturated heterocycles. The first-order valence-electron chi connectivity index (χ1n) is 7.08. The maximum absolute atomic E-state index is 13.6. The molecule has 0 amide bonds. The van der Waals surface area contributed by atoms with Crippen LogP contribution in [-0.2, 0) is 6.54 Å². The minimum absolute atomic E-state index is 0.312. The van der Waals surface area contributed by atoms with E-state index < -0.39 is 0 Å². The van der Waals surface area contributed by atoms with Gasteiger partial charge in [-0.15, -0.1) is 0 Å². The van der Waals surface area contributed by atoms with Crippen molar-refractivity contribution < 1.29 is 8.78 Å². The first-order chi connectivity index (χ1) is 9.19. The van der Waals surface area contributed by atoms with Gasteiger partial charge in [0.2, 0.25) is 0 Å². The lowest BCUT2D eigenvalue weighted by atomic mass is 10.0. The lowest BCUT2D eigenvalue weighted by Gasteiger charge is -2.32. The molecule has 1 aliphatic heterocycles. The molecule has 0 radical (unpaired) electrons. The summed E-state index contributed by atoms with van der Waals surface area (Å²) in [5, 5.41) is 3.52. The van der Waals surface area contributed by atoms with Crippen molar-refractivity contribution in [3.8, 4) is 0 Å². The molecule has 1 aromatic carbocycles. The number of rotatable bonds is 5. The highest BCUT2D eigenvalue weighted by Crippen LogP contribution is 2.16. The van der Waals surface area contributed by atoms with Crippen LogP contribution in [0.4, 0.5) is 8.78 Å². The summed E-state index contributed by atoms with van der Waals surface area (Å²) in [7, 11) is 0. The second-order valence-corrected chi connectivity index (χ2v) is 5.24. The number of nitrogens with zero attached hydrogens (tertiary/aromatic N) is 1. The first kappa shape index (κ1) is 14.4. The summed E-state index contributed by atoms with van der Waals surface area (Å²) in [5.41, 5.74) is 0.458. The van der Waals surface area contributed by atoms with Crippen molar-refractivity contribution in [1.29, 1.82) is 0 Å². The number of likely N-dealkylation sites (tertiary alicyclic amines) is 1. The van der Waals surface area contributed by atoms with Gasteiger partial charge in [0.1, 0.15) is 11.6 Å². The molecule has 0 unspecified atom stereocenters. The van der Waals surface area contributed by atoms with Gasteiger partial charge < -0.3 is 5.32 Å². The van der Waals surface area contributed by atoms with Crippen molar-refractivity contribution in [3.63, 3.8) is 0 Å². The summed E-state index contributed by atoms with van der Waals surface area (Å²) in [4.78, 5) is 2.20. The fourth-order valence-corrected chi connectivity index (χ4v) is 2.55. The third kappa shape index (κ3) is 4.25. The largest absolute Gasteiger partial charge is 0.314 e. The van der Waals surface area contributed by atoms with Crippen LogP contribution in [0.25, 0.3) is 0 Å². The molecule has 106 valence electrons. The van der Waals surface area contributed by atoms with Crippen LogP contribution >= 0.6 is 0 Å². The zero-order chi connectivity index (χ0) is 13.7. The number of nitrogens with one attached hydrogen (secondary N) is 1. The van der Waals surface area contributed by atoms with Crippen LogP contribution in [0.15, 0.2) is 18.2 Å². The van der Waals surface area contributed by atoms with Crippen LogP contribution in [0.1, 0.15) is 31.7 Å². The van der Waals surface area contributed by atoms with Crippen LogP contribution in [-0.4, -0.2) is 30.6 Å². The molecule has 0 bridgehead atoms. The molecule has 0 aromatic heterocycles. The van der Waals surface area contributed by atoms with E-state index in [0.717, 1.165) is 38.9 Å². The van der Waals surface area contributed by atoms with Crippen molar-refractivity contribution in [3.05, 3.63) is 35.4 Å². The Morgan fingerprint density at radius 3 is 2.68 bits per heavy atom. The van der Waals surface area contributed by atoms with Crippen LogP contribution < -0.4 is 5.32 Å². The molecule has 1 aliphatic rings. The maximum atomic E-state index is 13.6. The molecule has 2 rings (SSSR count). The van der Waals surface area contributed by atoms with Crippen LogP contribution in [0.3, 0.4) is 0 Å². The predicted octanol–water partition coefficient (Wildman–Crippen LogP) is 2.93. The second kappa shape index (κ2) is 6.96. The highest BCUT2D eigenvalue weighted by Gasteiger charge is 2.19. The third-order valence-corrected chi connectivity index (χ3v) is 3.67. The van der Waals surface area contributed by atoms with E-state index in [-0.39, 0.29) is 11.6 Å². The standard InChI is InChI=1S/C15H22F2N2/c1-2-7-18-14-5-8-19(9-6-14)11-12-10-13(16)3-4-15(12)17/h3-4,10,14,18H,2,5-9,11H2,1H3. The Morgan fingerprint density at radius 2 is 2.00 bits per heavy atom. The summed E-state index contributed by atoms with van der Waals surface area (Å²) in [6.45, 7) is 5.61. The molecule has 1 N–H and O–H groups in total. The second-order valence-electron chi connectivity index (χ2n) is 5.24. The predicted molar refractivity (Wildman–Crippen MR) is 73.0 cm³/mol. The molecule has 1 fully saturated rings. The highest BCUT2D eigenvalue weighted by molar-refractivity contribution is 5.18. The number of hydrogen-bond donors (Lipinski definition) is 1. The average Bonchev–Trinajstić information content (AvgIpc) is 2.42. The number of hydrogen-bond acceptors (Lipinski definition) is 2. The van der Waals surface area contributed by atoms with E-state index in [9.17, 15) is 8.78 Å². The Hall–Kier alpha value is -1.00. The van der Waals surface area contributed by atoms with Crippen LogP contribution in [0.5, 0.6) is 0 Å². The van der Waals surface area contributed by atoms with Gasteiger partial charge in [0.05, 0.1) is 0 Å². The van der Waals surface area contributed by atoms with E-state index in [0.29, 0.717) is 18.2 Å². The Morgan fingerprint density at radius 1 is 1.26 bits per heavy atom. The summed E-state index contributed by atoms with van der Waals surface area (Å²) in [6.07, 6.45) is 3.31. The third-order valence-electron chi connectivity index (χ3n) is 3.67. The minimum Gasteiger partial charge on any atom is -0.314 e. The molecule has 1 aromatic rings. The summed E-state index contributed by atoms with van der Waals surface area (Å²) in [6, 6.07) is 4.25. The molecular formula is C15H22F2N2. The topological polar surface area (TPSA) is 15.3 Å². The van der Waals surface area contributed by atoms with E-state index in [1.165, 1.54) is 18.2 Å². The Bertz CT molecular complexity index is 401. The fourth-order valence-electron chi connectivity index (χ4n) is 2.55. The smallest absolute Gasteiger partial charge is 0.127 e. The Labute approximate surface area is 113 Å². The molecule has 0 spiro atoms. The lowest BCUT2D eigenvalue weighted by Crippen LogP contribution is -2.42. The Kier molecular flexibility index (Phi) is 5.28. The van der Waals surface area contributed by atoms with Crippen molar-refractivity contribution in [1.82, 2.24) is 10.2 Å². The summed E-state index contributed by atoms with van der Waals surface area (Å²) in [5.74, 6) is -0.677. The van der Waals surface area contributed by atoms with Crippen molar-refractivity contribution in [2.75, 3.05) is 19.6 Å². The van der Waals surface area contributed by atoms with E-state index in [1.54, 1.807) is 0 Å². The Balaban J connectivity index is 1.83. The molecule has 2 nitrogen and oxygen atoms in total. The van der Waals surface area contributed by atoms with E-state index in [2.05, 4.69) is 17.1 Å². The zero-order valence-electron chi connectivity index (χ0n) is 11.5. The van der Waals surface area contributed by atoms with Gasteiger partial charge in [-0.05, 0) is 57.1 Å². The quantitative estimate of drug-likeness (QED) is 0.883. The van der Waals surface area contributed by atoms with Gasteiger partial charge in [-0.25, -0.2) is 8.78 Å². The van der Waals surface area contributed by atoms with Gasteiger partial charge in [0.25, 0.3) is 0 Å². The fraction of sp³-hybridized carbons (Fsp3) is 0.600. The normalized spacial score (nSPS) is 17.8. The van der Waals surface area contributed by atoms with Crippen molar-refractivity contribution in [2.24, 2.45) is 0 Å². The molecule has 4 heteroatoms. The number of halogens is 2. The molecule has 1 heterocycles. The summed E-state index contributed by atoms with van der Waals surface area (Å²) >= 11 is 0. The van der Waals surface area contributed by atoms with E-state index >= 15 is 0 Å². The highest BCUT2D eigenvalue weighted by atomic mass is 19.1. The lowest BCUT2D eigenvalue weighted by molar-refractivity contribution is 0.189.